The number of ketones is 1. The van der Waals surface area contributed by atoms with Gasteiger partial charge >= 0.3 is 5.97 Å². The molecule has 0 bridgehead atoms. The van der Waals surface area contributed by atoms with Crippen LogP contribution in [0.25, 0.3) is 0 Å². The van der Waals surface area contributed by atoms with Crippen LogP contribution in [0.15, 0.2) is 29.2 Å². The van der Waals surface area contributed by atoms with Crippen LogP contribution in [0.3, 0.4) is 0 Å². The molecule has 1 aromatic carbocycles. The lowest BCUT2D eigenvalue weighted by molar-refractivity contribution is -0.158. The summed E-state index contributed by atoms with van der Waals surface area (Å²) in [5, 5.41) is 0. The van der Waals surface area contributed by atoms with Gasteiger partial charge in [-0.15, -0.1) is 0 Å². The van der Waals surface area contributed by atoms with Gasteiger partial charge in [-0.3, -0.25) is 14.4 Å². The van der Waals surface area contributed by atoms with Gasteiger partial charge in [0.25, 0.3) is 5.91 Å². The van der Waals surface area contributed by atoms with Gasteiger partial charge in [-0.1, -0.05) is 18.6 Å². The van der Waals surface area contributed by atoms with Gasteiger partial charge in [0.05, 0.1) is 10.8 Å². The molecular formula is C19H24N2O6S. The summed E-state index contributed by atoms with van der Waals surface area (Å²) in [5.41, 5.74) is 0.450. The second kappa shape index (κ2) is 8.40. The SMILES string of the molecule is CC(=O)c1ccc(S(=O)(=O)N2CCN(C(=O)COC(=O)C3CCC3)CC2)cc1. The van der Waals surface area contributed by atoms with E-state index >= 15 is 0 Å². The molecule has 0 spiro atoms. The zero-order chi connectivity index (χ0) is 20.3. The van der Waals surface area contributed by atoms with E-state index < -0.39 is 10.0 Å². The molecule has 1 heterocycles. The average molecular weight is 408 g/mol. The number of piperazine rings is 1. The standard InChI is InChI=1S/C19H24N2O6S/c1-14(22)15-5-7-17(8-6-15)28(25,26)21-11-9-20(10-12-21)18(23)13-27-19(24)16-3-2-4-16/h5-8,16H,2-4,9-13H2,1H3. The van der Waals surface area contributed by atoms with E-state index in [0.717, 1.165) is 19.3 Å². The summed E-state index contributed by atoms with van der Waals surface area (Å²) in [6.07, 6.45) is 2.65. The molecule has 1 aliphatic heterocycles. The van der Waals surface area contributed by atoms with E-state index in [1.165, 1.54) is 40.4 Å². The Kier molecular flexibility index (Phi) is 6.14. The van der Waals surface area contributed by atoms with Gasteiger partial charge in [0.1, 0.15) is 0 Å². The first-order valence-corrected chi connectivity index (χ1v) is 10.8. The second-order valence-corrected chi connectivity index (χ2v) is 9.04. The van der Waals surface area contributed by atoms with E-state index in [-0.39, 0.29) is 61.3 Å². The molecule has 3 rings (SSSR count). The van der Waals surface area contributed by atoms with Gasteiger partial charge in [-0.05, 0) is 31.9 Å². The summed E-state index contributed by atoms with van der Waals surface area (Å²) in [6, 6.07) is 5.82. The minimum atomic E-state index is -3.69. The molecule has 2 fully saturated rings. The Balaban J connectivity index is 1.52. The number of carbonyl (C=O) groups excluding carboxylic acids is 3. The van der Waals surface area contributed by atoms with Crippen molar-refractivity contribution in [2.45, 2.75) is 31.1 Å². The Morgan fingerprint density at radius 1 is 1.04 bits per heavy atom. The topological polar surface area (TPSA) is 101 Å². The molecule has 28 heavy (non-hydrogen) atoms. The van der Waals surface area contributed by atoms with Crippen LogP contribution in [0.5, 0.6) is 0 Å². The highest BCUT2D eigenvalue weighted by molar-refractivity contribution is 7.89. The Hall–Kier alpha value is -2.26. The molecule has 0 atom stereocenters. The Bertz CT molecular complexity index is 853. The van der Waals surface area contributed by atoms with Crippen molar-refractivity contribution in [1.82, 2.24) is 9.21 Å². The van der Waals surface area contributed by atoms with Crippen LogP contribution in [-0.4, -0.2) is 68.1 Å². The lowest BCUT2D eigenvalue weighted by Gasteiger charge is -2.34. The van der Waals surface area contributed by atoms with Crippen LogP contribution in [0.4, 0.5) is 0 Å². The highest BCUT2D eigenvalue weighted by Crippen LogP contribution is 2.27. The normalized spacial score (nSPS) is 18.4. The molecule has 152 valence electrons. The third-order valence-corrected chi connectivity index (χ3v) is 7.18. The number of esters is 1. The van der Waals surface area contributed by atoms with Gasteiger partial charge < -0.3 is 9.64 Å². The van der Waals surface area contributed by atoms with Crippen LogP contribution in [-0.2, 0) is 24.3 Å². The number of hydrogen-bond acceptors (Lipinski definition) is 6. The minimum Gasteiger partial charge on any atom is -0.455 e. The third kappa shape index (κ3) is 4.41. The van der Waals surface area contributed by atoms with E-state index in [9.17, 15) is 22.8 Å². The van der Waals surface area contributed by atoms with E-state index in [2.05, 4.69) is 0 Å². The van der Waals surface area contributed by atoms with Crippen molar-refractivity contribution < 1.29 is 27.5 Å². The van der Waals surface area contributed by atoms with Crippen LogP contribution >= 0.6 is 0 Å². The molecule has 9 heteroatoms. The molecule has 0 aromatic heterocycles. The largest absolute Gasteiger partial charge is 0.455 e. The first-order valence-electron chi connectivity index (χ1n) is 9.34. The van der Waals surface area contributed by atoms with Gasteiger partial charge in [0, 0.05) is 31.7 Å². The summed E-state index contributed by atoms with van der Waals surface area (Å²) >= 11 is 0. The van der Waals surface area contributed by atoms with Crippen LogP contribution in [0.2, 0.25) is 0 Å². The summed E-state index contributed by atoms with van der Waals surface area (Å²) in [4.78, 5) is 36.9. The van der Waals surface area contributed by atoms with Crippen molar-refractivity contribution in [3.05, 3.63) is 29.8 Å². The molecule has 2 aliphatic rings. The fourth-order valence-corrected chi connectivity index (χ4v) is 4.60. The zero-order valence-corrected chi connectivity index (χ0v) is 16.6. The summed E-state index contributed by atoms with van der Waals surface area (Å²) in [6.45, 7) is 1.94. The van der Waals surface area contributed by atoms with Gasteiger partial charge in [-0.25, -0.2) is 8.42 Å². The molecule has 1 amide bonds. The molecule has 1 aliphatic carbocycles. The van der Waals surface area contributed by atoms with E-state index in [0.29, 0.717) is 5.56 Å². The minimum absolute atomic E-state index is 0.0795. The average Bonchev–Trinajstić information content (AvgIpc) is 2.65. The first-order chi connectivity index (χ1) is 13.3. The fourth-order valence-electron chi connectivity index (χ4n) is 3.17. The maximum atomic E-state index is 12.7. The van der Waals surface area contributed by atoms with Gasteiger partial charge in [0.2, 0.25) is 10.0 Å². The second-order valence-electron chi connectivity index (χ2n) is 7.10. The fraction of sp³-hybridized carbons (Fsp3) is 0.526. The van der Waals surface area contributed by atoms with Gasteiger partial charge in [-0.2, -0.15) is 4.31 Å². The Morgan fingerprint density at radius 2 is 1.64 bits per heavy atom. The third-order valence-electron chi connectivity index (χ3n) is 5.27. The van der Waals surface area contributed by atoms with E-state index in [1.54, 1.807) is 0 Å². The molecule has 1 aromatic rings. The summed E-state index contributed by atoms with van der Waals surface area (Å²) < 4.78 is 31.9. The number of ether oxygens (including phenoxy) is 1. The molecule has 0 N–H and O–H groups in total. The Labute approximate surface area is 164 Å². The smallest absolute Gasteiger partial charge is 0.309 e. The number of amides is 1. The predicted octanol–water partition coefficient (Wildman–Crippen LogP) is 1.07. The first kappa shape index (κ1) is 20.5. The highest BCUT2D eigenvalue weighted by atomic mass is 32.2. The van der Waals surface area contributed by atoms with Crippen molar-refractivity contribution in [3.8, 4) is 0 Å². The van der Waals surface area contributed by atoms with Crippen molar-refractivity contribution in [2.75, 3.05) is 32.8 Å². The van der Waals surface area contributed by atoms with Crippen molar-refractivity contribution >= 4 is 27.7 Å². The van der Waals surface area contributed by atoms with Crippen LogP contribution < -0.4 is 0 Å². The lowest BCUT2D eigenvalue weighted by atomic mass is 9.86. The number of benzene rings is 1. The summed E-state index contributed by atoms with van der Waals surface area (Å²) in [5.74, 6) is -0.844. The zero-order valence-electron chi connectivity index (χ0n) is 15.8. The quantitative estimate of drug-likeness (QED) is 0.515. The van der Waals surface area contributed by atoms with Gasteiger partial charge in [0.15, 0.2) is 12.4 Å². The Morgan fingerprint density at radius 3 is 2.14 bits per heavy atom. The number of carbonyl (C=O) groups is 3. The molecule has 1 saturated heterocycles. The number of nitrogens with zero attached hydrogens (tertiary/aromatic N) is 2. The van der Waals surface area contributed by atoms with E-state index in [1.807, 2.05) is 0 Å². The number of hydrogen-bond donors (Lipinski definition) is 0. The van der Waals surface area contributed by atoms with Crippen molar-refractivity contribution in [1.29, 1.82) is 0 Å². The highest BCUT2D eigenvalue weighted by Gasteiger charge is 2.31. The number of Topliss-reactive ketones (excluding diaryl/α,β-unsaturated/α-hetero) is 1. The maximum Gasteiger partial charge on any atom is 0.309 e. The molecule has 8 nitrogen and oxygen atoms in total. The maximum absolute atomic E-state index is 12.7. The molecule has 0 unspecified atom stereocenters. The monoisotopic (exact) mass is 408 g/mol. The van der Waals surface area contributed by atoms with Crippen LogP contribution in [0, 0.1) is 5.92 Å². The number of rotatable bonds is 6. The predicted molar refractivity (Wildman–Crippen MR) is 100 cm³/mol. The molecule has 1 saturated carbocycles. The molecular weight excluding hydrogens is 384 g/mol. The van der Waals surface area contributed by atoms with Crippen molar-refractivity contribution in [2.24, 2.45) is 5.92 Å². The van der Waals surface area contributed by atoms with Crippen LogP contribution in [0.1, 0.15) is 36.5 Å². The summed E-state index contributed by atoms with van der Waals surface area (Å²) in [7, 11) is -3.69. The lowest BCUT2D eigenvalue weighted by Crippen LogP contribution is -2.51. The van der Waals surface area contributed by atoms with Crippen molar-refractivity contribution in [3.63, 3.8) is 0 Å². The van der Waals surface area contributed by atoms with E-state index in [4.69, 9.17) is 4.74 Å². The molecule has 0 radical (unpaired) electrons. The number of sulfonamides is 1.